The van der Waals surface area contributed by atoms with Gasteiger partial charge in [-0.15, -0.1) is 0 Å². The molecule has 0 unspecified atom stereocenters. The van der Waals surface area contributed by atoms with Gasteiger partial charge in [0.05, 0.1) is 21.7 Å². The van der Waals surface area contributed by atoms with Crippen LogP contribution in [-0.4, -0.2) is 30.3 Å². The Morgan fingerprint density at radius 2 is 2.10 bits per heavy atom. The van der Waals surface area contributed by atoms with Crippen LogP contribution in [0.15, 0.2) is 50.8 Å². The Morgan fingerprint density at radius 1 is 1.30 bits per heavy atom. The van der Waals surface area contributed by atoms with E-state index in [9.17, 15) is 9.59 Å². The fraction of sp³-hybridized carbons (Fsp3) is 0.190. The number of nitrogens with zero attached hydrogens (tertiary/aromatic N) is 1. The maximum Gasteiger partial charge on any atom is 0.344 e. The number of amides is 1. The number of amidine groups is 1. The molecule has 1 heterocycles. The number of ether oxygens (including phenoxy) is 2. The molecular weight excluding hydrogens is 492 g/mol. The van der Waals surface area contributed by atoms with Gasteiger partial charge in [0.2, 0.25) is 0 Å². The third-order valence-electron chi connectivity index (χ3n) is 3.95. The van der Waals surface area contributed by atoms with Crippen LogP contribution in [0.2, 0.25) is 5.02 Å². The lowest BCUT2D eigenvalue weighted by Gasteiger charge is -2.08. The van der Waals surface area contributed by atoms with Gasteiger partial charge in [-0.3, -0.25) is 4.79 Å². The lowest BCUT2D eigenvalue weighted by molar-refractivity contribution is -0.145. The maximum absolute atomic E-state index is 12.3. The smallest absolute Gasteiger partial charge is 0.344 e. The van der Waals surface area contributed by atoms with Crippen LogP contribution in [0.25, 0.3) is 6.08 Å². The SMILES string of the molecule is CCOC(=O)COc1ccc(/C=C2\SC(=Nc3cc(Cl)ccc3C)NC2=O)cc1Br. The molecule has 0 radical (unpaired) electrons. The normalized spacial score (nSPS) is 16.1. The van der Waals surface area contributed by atoms with E-state index in [-0.39, 0.29) is 12.5 Å². The average molecular weight is 510 g/mol. The van der Waals surface area contributed by atoms with Gasteiger partial charge in [0.1, 0.15) is 5.75 Å². The van der Waals surface area contributed by atoms with Crippen LogP contribution in [0, 0.1) is 6.92 Å². The number of aryl methyl sites for hydroxylation is 1. The summed E-state index contributed by atoms with van der Waals surface area (Å²) in [5, 5.41) is 3.84. The number of benzene rings is 2. The highest BCUT2D eigenvalue weighted by Crippen LogP contribution is 2.32. The van der Waals surface area contributed by atoms with Crippen molar-refractivity contribution in [3.63, 3.8) is 0 Å². The van der Waals surface area contributed by atoms with Gasteiger partial charge in [-0.05, 0) is 83.0 Å². The third kappa shape index (κ3) is 5.87. The molecule has 1 saturated heterocycles. The number of esters is 1. The zero-order valence-corrected chi connectivity index (χ0v) is 19.4. The summed E-state index contributed by atoms with van der Waals surface area (Å²) in [6.45, 7) is 3.79. The highest BCUT2D eigenvalue weighted by Gasteiger charge is 2.24. The molecule has 0 spiro atoms. The number of hydrogen-bond acceptors (Lipinski definition) is 6. The van der Waals surface area contributed by atoms with Crippen LogP contribution in [0.4, 0.5) is 5.69 Å². The molecule has 1 N–H and O–H groups in total. The largest absolute Gasteiger partial charge is 0.481 e. The predicted molar refractivity (Wildman–Crippen MR) is 123 cm³/mol. The Bertz CT molecular complexity index is 1060. The molecule has 9 heteroatoms. The van der Waals surface area contributed by atoms with Crippen molar-refractivity contribution >= 4 is 68.1 Å². The number of carbonyl (C=O) groups is 2. The zero-order chi connectivity index (χ0) is 21.7. The van der Waals surface area contributed by atoms with Gasteiger partial charge < -0.3 is 14.8 Å². The number of aliphatic imine (C=N–C) groups is 1. The highest BCUT2D eigenvalue weighted by molar-refractivity contribution is 9.10. The summed E-state index contributed by atoms with van der Waals surface area (Å²) in [5.41, 5.74) is 2.46. The van der Waals surface area contributed by atoms with Crippen LogP contribution in [0.3, 0.4) is 0 Å². The molecule has 1 fully saturated rings. The van der Waals surface area contributed by atoms with E-state index in [1.807, 2.05) is 13.0 Å². The molecule has 6 nitrogen and oxygen atoms in total. The van der Waals surface area contributed by atoms with E-state index < -0.39 is 5.97 Å². The molecule has 0 aromatic heterocycles. The van der Waals surface area contributed by atoms with Gasteiger partial charge in [-0.2, -0.15) is 0 Å². The number of carbonyl (C=O) groups excluding carboxylic acids is 2. The van der Waals surface area contributed by atoms with E-state index in [4.69, 9.17) is 21.1 Å². The van der Waals surface area contributed by atoms with Crippen LogP contribution < -0.4 is 10.1 Å². The summed E-state index contributed by atoms with van der Waals surface area (Å²) in [4.78, 5) is 28.8. The summed E-state index contributed by atoms with van der Waals surface area (Å²) in [6, 6.07) is 10.7. The molecule has 0 aliphatic carbocycles. The first kappa shape index (κ1) is 22.4. The van der Waals surface area contributed by atoms with E-state index in [2.05, 4.69) is 26.2 Å². The van der Waals surface area contributed by atoms with Crippen molar-refractivity contribution in [3.05, 3.63) is 61.9 Å². The van der Waals surface area contributed by atoms with Gasteiger partial charge in [0, 0.05) is 5.02 Å². The molecule has 30 heavy (non-hydrogen) atoms. The minimum absolute atomic E-state index is 0.173. The minimum Gasteiger partial charge on any atom is -0.481 e. The quantitative estimate of drug-likeness (QED) is 0.425. The van der Waals surface area contributed by atoms with Gasteiger partial charge in [-0.1, -0.05) is 23.7 Å². The van der Waals surface area contributed by atoms with Crippen molar-refractivity contribution < 1.29 is 19.1 Å². The topological polar surface area (TPSA) is 77.0 Å². The summed E-state index contributed by atoms with van der Waals surface area (Å²) >= 11 is 10.7. The standard InChI is InChI=1S/C21H18BrClN2O4S/c1-3-28-19(26)11-29-17-7-5-13(8-15(17)22)9-18-20(27)25-21(30-18)24-16-10-14(23)6-4-12(16)2/h4-10H,3,11H2,1-2H3,(H,24,25,27)/b18-9-. The lowest BCUT2D eigenvalue weighted by Crippen LogP contribution is -2.19. The Labute approximate surface area is 191 Å². The second-order valence-electron chi connectivity index (χ2n) is 6.20. The highest BCUT2D eigenvalue weighted by atomic mass is 79.9. The monoisotopic (exact) mass is 508 g/mol. The lowest BCUT2D eigenvalue weighted by atomic mass is 10.2. The van der Waals surface area contributed by atoms with E-state index in [0.717, 1.165) is 11.1 Å². The van der Waals surface area contributed by atoms with E-state index >= 15 is 0 Å². The van der Waals surface area contributed by atoms with Crippen LogP contribution in [0.1, 0.15) is 18.1 Å². The van der Waals surface area contributed by atoms with Crippen molar-refractivity contribution in [2.75, 3.05) is 13.2 Å². The molecule has 2 aromatic rings. The van der Waals surface area contributed by atoms with Crippen molar-refractivity contribution in [1.82, 2.24) is 5.32 Å². The molecule has 2 aromatic carbocycles. The van der Waals surface area contributed by atoms with Gasteiger partial charge >= 0.3 is 5.97 Å². The Morgan fingerprint density at radius 3 is 2.83 bits per heavy atom. The fourth-order valence-corrected chi connectivity index (χ4v) is 4.02. The summed E-state index contributed by atoms with van der Waals surface area (Å²) in [5.74, 6) is -0.152. The second kappa shape index (κ2) is 10.1. The number of thioether (sulfide) groups is 1. The maximum atomic E-state index is 12.3. The predicted octanol–water partition coefficient (Wildman–Crippen LogP) is 5.24. The third-order valence-corrected chi connectivity index (χ3v) is 5.71. The first-order valence-corrected chi connectivity index (χ1v) is 11.0. The summed E-state index contributed by atoms with van der Waals surface area (Å²) in [6.07, 6.45) is 1.76. The summed E-state index contributed by atoms with van der Waals surface area (Å²) < 4.78 is 10.9. The first-order valence-electron chi connectivity index (χ1n) is 8.99. The van der Waals surface area contributed by atoms with E-state index in [1.54, 1.807) is 43.3 Å². The second-order valence-corrected chi connectivity index (χ2v) is 8.52. The molecule has 1 aliphatic rings. The fourth-order valence-electron chi connectivity index (χ4n) is 2.51. The molecule has 0 atom stereocenters. The Balaban J connectivity index is 1.73. The zero-order valence-electron chi connectivity index (χ0n) is 16.2. The number of rotatable bonds is 6. The molecule has 1 aliphatic heterocycles. The molecular formula is C21H18BrClN2O4S. The van der Waals surface area contributed by atoms with Crippen LogP contribution in [-0.2, 0) is 14.3 Å². The van der Waals surface area contributed by atoms with Gasteiger partial charge in [-0.25, -0.2) is 9.79 Å². The number of nitrogens with one attached hydrogen (secondary N) is 1. The first-order chi connectivity index (χ1) is 14.4. The minimum atomic E-state index is -0.434. The summed E-state index contributed by atoms with van der Waals surface area (Å²) in [7, 11) is 0. The van der Waals surface area contributed by atoms with Crippen molar-refractivity contribution in [3.8, 4) is 5.75 Å². The molecule has 0 bridgehead atoms. The van der Waals surface area contributed by atoms with Crippen molar-refractivity contribution in [2.24, 2.45) is 4.99 Å². The van der Waals surface area contributed by atoms with Crippen molar-refractivity contribution in [1.29, 1.82) is 0 Å². The van der Waals surface area contributed by atoms with Crippen LogP contribution in [0.5, 0.6) is 5.75 Å². The number of hydrogen-bond donors (Lipinski definition) is 1. The molecule has 156 valence electrons. The number of halogens is 2. The van der Waals surface area contributed by atoms with Gasteiger partial charge in [0.15, 0.2) is 11.8 Å². The van der Waals surface area contributed by atoms with Crippen LogP contribution >= 0.6 is 39.3 Å². The van der Waals surface area contributed by atoms with E-state index in [1.165, 1.54) is 11.8 Å². The Kier molecular flexibility index (Phi) is 7.58. The van der Waals surface area contributed by atoms with Crippen molar-refractivity contribution in [2.45, 2.75) is 13.8 Å². The molecule has 1 amide bonds. The van der Waals surface area contributed by atoms with E-state index in [0.29, 0.717) is 37.6 Å². The van der Waals surface area contributed by atoms with Gasteiger partial charge in [0.25, 0.3) is 5.91 Å². The molecule has 0 saturated carbocycles. The Hall–Kier alpha value is -2.29. The molecule has 3 rings (SSSR count). The average Bonchev–Trinajstić information content (AvgIpc) is 3.03.